The summed E-state index contributed by atoms with van der Waals surface area (Å²) in [7, 11) is 1.71. The number of ether oxygens (including phenoxy) is 1. The molecule has 39 heavy (non-hydrogen) atoms. The highest BCUT2D eigenvalue weighted by Crippen LogP contribution is 2.28. The largest absolute Gasteiger partial charge is 0.375 e. The molecule has 0 aromatic heterocycles. The van der Waals surface area contributed by atoms with Gasteiger partial charge in [-0.15, -0.1) is 0 Å². The average molecular weight is 558 g/mol. The summed E-state index contributed by atoms with van der Waals surface area (Å²) in [6.07, 6.45) is -0.150. The fourth-order valence-electron chi connectivity index (χ4n) is 4.95. The first kappa shape index (κ1) is 28.8. The van der Waals surface area contributed by atoms with Crippen LogP contribution in [0.2, 0.25) is 0 Å². The molecule has 1 N–H and O–H groups in total. The molecule has 0 radical (unpaired) electrons. The molecule has 0 unspecified atom stereocenters. The number of carbonyl (C=O) groups is 3. The van der Waals surface area contributed by atoms with Gasteiger partial charge in [0, 0.05) is 25.7 Å². The molecule has 4 amide bonds. The van der Waals surface area contributed by atoms with Crippen LogP contribution in [0.15, 0.2) is 54.6 Å². The maximum Gasteiger partial charge on any atom is 0.334 e. The van der Waals surface area contributed by atoms with E-state index in [4.69, 9.17) is 4.74 Å². The Kier molecular flexibility index (Phi) is 10.2. The second-order valence-electron chi connectivity index (χ2n) is 9.52. The fraction of sp³-hybridized carbons (Fsp3) is 0.464. The molecule has 2 aliphatic rings. The van der Waals surface area contributed by atoms with Crippen molar-refractivity contribution >= 4 is 29.6 Å². The second-order valence-corrected chi connectivity index (χ2v) is 10.9. The number of amides is 4. The van der Waals surface area contributed by atoms with Crippen molar-refractivity contribution in [3.8, 4) is 0 Å². The molecule has 11 heteroatoms. The van der Waals surface area contributed by atoms with Gasteiger partial charge < -0.3 is 19.9 Å². The minimum atomic E-state index is -0.667. The maximum atomic E-state index is 13.9. The van der Waals surface area contributed by atoms with Gasteiger partial charge in [-0.25, -0.2) is 19.2 Å². The molecule has 2 heterocycles. The lowest BCUT2D eigenvalue weighted by Crippen LogP contribution is -2.76. The summed E-state index contributed by atoms with van der Waals surface area (Å²) in [4.78, 5) is 43.5. The van der Waals surface area contributed by atoms with Crippen LogP contribution in [0, 0.1) is 5.82 Å². The zero-order valence-electron chi connectivity index (χ0n) is 22.4. The standard InChI is InChI=1S/C28H36FN5O4S/c1-3-39-16-13-24-27(36)32(14-15-38-20-22-11-7-8-12-23(22)29)18-25-33(24)26(35)19-31(2)34(25)28(37)30-17-21-9-5-4-6-10-21/h4-12,24-25H,3,13-20H2,1-2H3,(H,30,37)/t24-,25-/m0/s1. The number of hydrazine groups is 1. The summed E-state index contributed by atoms with van der Waals surface area (Å²) in [5, 5.41) is 6.12. The third kappa shape index (κ3) is 7.09. The molecule has 9 nitrogen and oxygen atoms in total. The Morgan fingerprint density at radius 1 is 1.13 bits per heavy atom. The van der Waals surface area contributed by atoms with Crippen LogP contribution in [0.1, 0.15) is 24.5 Å². The van der Waals surface area contributed by atoms with Gasteiger partial charge in [-0.1, -0.05) is 55.5 Å². The van der Waals surface area contributed by atoms with Crippen LogP contribution in [0.4, 0.5) is 9.18 Å². The van der Waals surface area contributed by atoms with Gasteiger partial charge in [0.25, 0.3) is 0 Å². The lowest BCUT2D eigenvalue weighted by molar-refractivity contribution is -0.187. The Morgan fingerprint density at radius 3 is 2.62 bits per heavy atom. The third-order valence-electron chi connectivity index (χ3n) is 6.89. The quantitative estimate of drug-likeness (QED) is 0.428. The monoisotopic (exact) mass is 557 g/mol. The number of rotatable bonds is 11. The molecule has 0 saturated carbocycles. The summed E-state index contributed by atoms with van der Waals surface area (Å²) < 4.78 is 19.7. The number of nitrogens with zero attached hydrogens (tertiary/aromatic N) is 4. The molecule has 2 fully saturated rings. The summed E-state index contributed by atoms with van der Waals surface area (Å²) in [5.41, 5.74) is 1.41. The molecule has 210 valence electrons. The highest BCUT2D eigenvalue weighted by molar-refractivity contribution is 7.99. The SMILES string of the molecule is CCSCC[C@H]1C(=O)N(CCOCc2ccccc2F)C[C@H]2N1C(=O)CN(C)N2C(=O)NCc1ccccc1. The number of piperazine rings is 1. The van der Waals surface area contributed by atoms with Gasteiger partial charge in [-0.05, 0) is 29.6 Å². The third-order valence-corrected chi connectivity index (χ3v) is 7.83. The second kappa shape index (κ2) is 13.8. The van der Waals surface area contributed by atoms with E-state index in [9.17, 15) is 18.8 Å². The first-order valence-electron chi connectivity index (χ1n) is 13.2. The van der Waals surface area contributed by atoms with Crippen molar-refractivity contribution in [3.05, 3.63) is 71.5 Å². The van der Waals surface area contributed by atoms with Crippen molar-refractivity contribution in [2.75, 3.05) is 44.8 Å². The summed E-state index contributed by atoms with van der Waals surface area (Å²) >= 11 is 1.71. The number of carbonyl (C=O) groups excluding carboxylic acids is 3. The lowest BCUT2D eigenvalue weighted by Gasteiger charge is -2.54. The molecule has 2 aromatic rings. The Hall–Kier alpha value is -3.15. The summed E-state index contributed by atoms with van der Waals surface area (Å²) in [5.74, 6) is 0.959. The first-order valence-corrected chi connectivity index (χ1v) is 14.4. The van der Waals surface area contributed by atoms with E-state index in [1.807, 2.05) is 30.3 Å². The number of halogens is 1. The van der Waals surface area contributed by atoms with E-state index in [1.165, 1.54) is 6.07 Å². The van der Waals surface area contributed by atoms with Crippen LogP contribution in [-0.2, 0) is 27.5 Å². The van der Waals surface area contributed by atoms with Crippen molar-refractivity contribution in [2.24, 2.45) is 0 Å². The minimum absolute atomic E-state index is 0.00566. The Labute approximate surface area is 233 Å². The van der Waals surface area contributed by atoms with Crippen LogP contribution in [0.25, 0.3) is 0 Å². The highest BCUT2D eigenvalue weighted by atomic mass is 32.2. The van der Waals surface area contributed by atoms with Gasteiger partial charge >= 0.3 is 6.03 Å². The number of likely N-dealkylation sites (N-methyl/N-ethyl adjacent to an activating group) is 1. The Balaban J connectivity index is 1.48. The predicted octanol–water partition coefficient (Wildman–Crippen LogP) is 2.92. The molecular formula is C28H36FN5O4S. The minimum Gasteiger partial charge on any atom is -0.375 e. The number of urea groups is 1. The Morgan fingerprint density at radius 2 is 1.87 bits per heavy atom. The molecule has 2 aromatic carbocycles. The van der Waals surface area contributed by atoms with Gasteiger partial charge in [-0.2, -0.15) is 11.8 Å². The van der Waals surface area contributed by atoms with Crippen LogP contribution < -0.4 is 5.32 Å². The smallest absolute Gasteiger partial charge is 0.334 e. The highest BCUT2D eigenvalue weighted by Gasteiger charge is 2.50. The van der Waals surface area contributed by atoms with Crippen molar-refractivity contribution in [2.45, 2.75) is 38.7 Å². The van der Waals surface area contributed by atoms with Gasteiger partial charge in [0.05, 0.1) is 26.3 Å². The Bertz CT molecular complexity index is 1140. The van der Waals surface area contributed by atoms with Gasteiger partial charge in [0.15, 0.2) is 0 Å². The topological polar surface area (TPSA) is 85.4 Å². The number of hydrogen-bond acceptors (Lipinski definition) is 6. The van der Waals surface area contributed by atoms with Gasteiger partial charge in [0.1, 0.15) is 18.0 Å². The number of nitrogens with one attached hydrogen (secondary N) is 1. The van der Waals surface area contributed by atoms with Crippen LogP contribution in [0.3, 0.4) is 0 Å². The van der Waals surface area contributed by atoms with E-state index in [1.54, 1.807) is 56.8 Å². The van der Waals surface area contributed by atoms with E-state index in [2.05, 4.69) is 12.2 Å². The fourth-order valence-corrected chi connectivity index (χ4v) is 5.63. The molecule has 0 bridgehead atoms. The number of hydrogen-bond donors (Lipinski definition) is 1. The molecule has 4 rings (SSSR count). The van der Waals surface area contributed by atoms with Gasteiger partial charge in [0.2, 0.25) is 11.8 Å². The molecule has 0 spiro atoms. The summed E-state index contributed by atoms with van der Waals surface area (Å²) in [6, 6.07) is 15.0. The maximum absolute atomic E-state index is 13.9. The van der Waals surface area contributed by atoms with E-state index in [0.717, 1.165) is 17.1 Å². The van der Waals surface area contributed by atoms with Crippen molar-refractivity contribution in [1.82, 2.24) is 25.1 Å². The van der Waals surface area contributed by atoms with E-state index >= 15 is 0 Å². The molecule has 0 aliphatic carbocycles. The van der Waals surface area contributed by atoms with E-state index in [0.29, 0.717) is 18.5 Å². The summed E-state index contributed by atoms with van der Waals surface area (Å²) in [6.45, 7) is 3.12. The van der Waals surface area contributed by atoms with Crippen LogP contribution in [0.5, 0.6) is 0 Å². The zero-order chi connectivity index (χ0) is 27.8. The van der Waals surface area contributed by atoms with E-state index in [-0.39, 0.29) is 56.5 Å². The normalized spacial score (nSPS) is 19.8. The zero-order valence-corrected chi connectivity index (χ0v) is 23.2. The molecule has 2 atom stereocenters. The number of fused-ring (bicyclic) bond motifs is 1. The van der Waals surface area contributed by atoms with Crippen LogP contribution >= 0.6 is 11.8 Å². The van der Waals surface area contributed by atoms with Gasteiger partial charge in [-0.3, -0.25) is 9.59 Å². The molecular weight excluding hydrogens is 521 g/mol. The molecule has 2 saturated heterocycles. The van der Waals surface area contributed by atoms with Crippen molar-refractivity contribution in [1.29, 1.82) is 0 Å². The van der Waals surface area contributed by atoms with E-state index < -0.39 is 12.2 Å². The predicted molar refractivity (Wildman–Crippen MR) is 148 cm³/mol. The van der Waals surface area contributed by atoms with Crippen LogP contribution in [-0.4, -0.2) is 94.7 Å². The number of thioether (sulfide) groups is 1. The lowest BCUT2D eigenvalue weighted by atomic mass is 10.0. The average Bonchev–Trinajstić information content (AvgIpc) is 2.93. The van der Waals surface area contributed by atoms with Crippen molar-refractivity contribution < 1.29 is 23.5 Å². The van der Waals surface area contributed by atoms with Crippen molar-refractivity contribution in [3.63, 3.8) is 0 Å². The molecule has 2 aliphatic heterocycles. The number of benzene rings is 2. The first-order chi connectivity index (χ1) is 18.9.